The van der Waals surface area contributed by atoms with E-state index in [0.29, 0.717) is 12.2 Å². The zero-order valence-electron chi connectivity index (χ0n) is 10.5. The summed E-state index contributed by atoms with van der Waals surface area (Å²) < 4.78 is 5.26. The molecule has 0 atom stereocenters. The molecule has 1 aliphatic rings. The van der Waals surface area contributed by atoms with Crippen molar-refractivity contribution in [1.29, 1.82) is 0 Å². The predicted octanol–water partition coefficient (Wildman–Crippen LogP) is 3.90. The quantitative estimate of drug-likeness (QED) is 0.748. The van der Waals surface area contributed by atoms with Gasteiger partial charge in [-0.05, 0) is 37.0 Å². The van der Waals surface area contributed by atoms with Crippen LogP contribution in [-0.4, -0.2) is 12.6 Å². The number of carbonyl (C=O) groups excluding carboxylic acids is 1. The summed E-state index contributed by atoms with van der Waals surface area (Å²) in [5.74, 6) is -0.242. The van der Waals surface area contributed by atoms with E-state index in [1.807, 2.05) is 18.2 Å². The van der Waals surface area contributed by atoms with Crippen LogP contribution in [0.5, 0.6) is 0 Å². The molecule has 0 aliphatic heterocycles. The van der Waals surface area contributed by atoms with E-state index in [9.17, 15) is 4.79 Å². The molecule has 0 unspecified atom stereocenters. The second-order valence-corrected chi connectivity index (χ2v) is 4.36. The van der Waals surface area contributed by atoms with E-state index in [-0.39, 0.29) is 5.97 Å². The standard InChI is InChI=1S/C16H18O2/c17-16(15-10-6-3-7-11-15)18-13-12-14-8-4-1-2-5-9-14/h3-4,6-11H,1-2,5,12-13H2. The van der Waals surface area contributed by atoms with Crippen molar-refractivity contribution < 1.29 is 9.53 Å². The minimum Gasteiger partial charge on any atom is -0.462 e. The summed E-state index contributed by atoms with van der Waals surface area (Å²) in [6.45, 7) is 0.448. The van der Waals surface area contributed by atoms with Crippen LogP contribution < -0.4 is 0 Å². The van der Waals surface area contributed by atoms with Gasteiger partial charge in [0.05, 0.1) is 12.2 Å². The zero-order valence-corrected chi connectivity index (χ0v) is 10.5. The van der Waals surface area contributed by atoms with Crippen LogP contribution in [0.25, 0.3) is 0 Å². The molecular weight excluding hydrogens is 224 g/mol. The molecule has 2 rings (SSSR count). The summed E-state index contributed by atoms with van der Waals surface area (Å²) in [4.78, 5) is 11.7. The second-order valence-electron chi connectivity index (χ2n) is 4.36. The topological polar surface area (TPSA) is 26.3 Å². The van der Waals surface area contributed by atoms with Gasteiger partial charge in [-0.15, -0.1) is 0 Å². The maximum absolute atomic E-state index is 11.7. The van der Waals surface area contributed by atoms with Gasteiger partial charge in [-0.2, -0.15) is 0 Å². The summed E-state index contributed by atoms with van der Waals surface area (Å²) >= 11 is 0. The Morgan fingerprint density at radius 1 is 1.17 bits per heavy atom. The first-order valence-electron chi connectivity index (χ1n) is 6.44. The van der Waals surface area contributed by atoms with Gasteiger partial charge in [0.2, 0.25) is 0 Å². The molecule has 0 fully saturated rings. The summed E-state index contributed by atoms with van der Waals surface area (Å²) in [5, 5.41) is 0. The van der Waals surface area contributed by atoms with Crippen molar-refractivity contribution in [3.05, 3.63) is 59.7 Å². The van der Waals surface area contributed by atoms with Crippen molar-refractivity contribution in [3.8, 4) is 0 Å². The van der Waals surface area contributed by atoms with Crippen molar-refractivity contribution in [2.45, 2.75) is 25.7 Å². The number of esters is 1. The van der Waals surface area contributed by atoms with Crippen LogP contribution in [0.3, 0.4) is 0 Å². The Morgan fingerprint density at radius 2 is 2.00 bits per heavy atom. The van der Waals surface area contributed by atoms with Crippen LogP contribution in [0.15, 0.2) is 54.1 Å². The SMILES string of the molecule is O=C(OCCC1=CCCCC=C1)c1ccccc1. The van der Waals surface area contributed by atoms with Gasteiger partial charge in [-0.1, -0.05) is 36.4 Å². The number of carbonyl (C=O) groups is 1. The van der Waals surface area contributed by atoms with Gasteiger partial charge >= 0.3 is 5.97 Å². The maximum atomic E-state index is 11.7. The van der Waals surface area contributed by atoms with Crippen molar-refractivity contribution in [1.82, 2.24) is 0 Å². The Morgan fingerprint density at radius 3 is 2.83 bits per heavy atom. The summed E-state index contributed by atoms with van der Waals surface area (Å²) in [6, 6.07) is 9.11. The van der Waals surface area contributed by atoms with Crippen LogP contribution in [0, 0.1) is 0 Å². The lowest BCUT2D eigenvalue weighted by atomic mass is 10.1. The number of hydrogen-bond acceptors (Lipinski definition) is 2. The smallest absolute Gasteiger partial charge is 0.338 e. The van der Waals surface area contributed by atoms with Gasteiger partial charge in [0, 0.05) is 6.42 Å². The van der Waals surface area contributed by atoms with Crippen molar-refractivity contribution in [3.63, 3.8) is 0 Å². The van der Waals surface area contributed by atoms with Crippen LogP contribution in [0.1, 0.15) is 36.0 Å². The Labute approximate surface area is 108 Å². The van der Waals surface area contributed by atoms with Gasteiger partial charge in [-0.3, -0.25) is 0 Å². The third-order valence-corrected chi connectivity index (χ3v) is 2.95. The molecule has 1 aromatic carbocycles. The molecule has 1 aromatic rings. The average molecular weight is 242 g/mol. The monoisotopic (exact) mass is 242 g/mol. The number of allylic oxidation sites excluding steroid dienone is 3. The minimum atomic E-state index is -0.242. The fraction of sp³-hybridized carbons (Fsp3) is 0.312. The minimum absolute atomic E-state index is 0.242. The highest BCUT2D eigenvalue weighted by atomic mass is 16.5. The molecular formula is C16H18O2. The first-order valence-corrected chi connectivity index (χ1v) is 6.44. The molecule has 0 saturated carbocycles. The number of hydrogen-bond donors (Lipinski definition) is 0. The molecule has 0 aromatic heterocycles. The normalized spacial score (nSPS) is 14.8. The van der Waals surface area contributed by atoms with E-state index in [2.05, 4.69) is 18.2 Å². The highest BCUT2D eigenvalue weighted by Crippen LogP contribution is 2.13. The number of benzene rings is 1. The Bertz CT molecular complexity index is 443. The zero-order chi connectivity index (χ0) is 12.6. The van der Waals surface area contributed by atoms with Gasteiger partial charge in [0.15, 0.2) is 0 Å². The third kappa shape index (κ3) is 3.88. The fourth-order valence-corrected chi connectivity index (χ4v) is 1.93. The molecule has 2 nitrogen and oxygen atoms in total. The molecule has 94 valence electrons. The molecule has 0 saturated heterocycles. The van der Waals surface area contributed by atoms with Crippen molar-refractivity contribution in [2.24, 2.45) is 0 Å². The molecule has 0 heterocycles. The van der Waals surface area contributed by atoms with Crippen LogP contribution >= 0.6 is 0 Å². The van der Waals surface area contributed by atoms with Crippen LogP contribution in [0.2, 0.25) is 0 Å². The largest absolute Gasteiger partial charge is 0.462 e. The fourth-order valence-electron chi connectivity index (χ4n) is 1.93. The van der Waals surface area contributed by atoms with Crippen LogP contribution in [0.4, 0.5) is 0 Å². The maximum Gasteiger partial charge on any atom is 0.338 e. The lowest BCUT2D eigenvalue weighted by Crippen LogP contribution is -2.06. The molecule has 0 spiro atoms. The first kappa shape index (κ1) is 12.6. The van der Waals surface area contributed by atoms with Crippen molar-refractivity contribution in [2.75, 3.05) is 6.61 Å². The molecule has 0 N–H and O–H groups in total. The lowest BCUT2D eigenvalue weighted by molar-refractivity contribution is 0.0510. The van der Waals surface area contributed by atoms with E-state index >= 15 is 0 Å². The molecule has 0 bridgehead atoms. The third-order valence-electron chi connectivity index (χ3n) is 2.95. The van der Waals surface area contributed by atoms with E-state index < -0.39 is 0 Å². The second kappa shape index (κ2) is 6.80. The molecule has 18 heavy (non-hydrogen) atoms. The summed E-state index contributed by atoms with van der Waals surface area (Å²) in [7, 11) is 0. The lowest BCUT2D eigenvalue weighted by Gasteiger charge is -2.05. The van der Waals surface area contributed by atoms with Gasteiger partial charge < -0.3 is 4.74 Å². The predicted molar refractivity (Wildman–Crippen MR) is 72.4 cm³/mol. The Kier molecular flexibility index (Phi) is 4.77. The van der Waals surface area contributed by atoms with Gasteiger partial charge in [-0.25, -0.2) is 4.79 Å². The Hall–Kier alpha value is -1.83. The van der Waals surface area contributed by atoms with Crippen molar-refractivity contribution >= 4 is 5.97 Å². The molecule has 1 aliphatic carbocycles. The van der Waals surface area contributed by atoms with E-state index in [4.69, 9.17) is 4.74 Å². The van der Waals surface area contributed by atoms with Gasteiger partial charge in [0.25, 0.3) is 0 Å². The van der Waals surface area contributed by atoms with E-state index in [1.54, 1.807) is 12.1 Å². The highest BCUT2D eigenvalue weighted by molar-refractivity contribution is 5.89. The summed E-state index contributed by atoms with van der Waals surface area (Å²) in [5.41, 5.74) is 1.89. The van der Waals surface area contributed by atoms with E-state index in [0.717, 1.165) is 19.3 Å². The average Bonchev–Trinajstić information content (AvgIpc) is 2.68. The van der Waals surface area contributed by atoms with Crippen LogP contribution in [-0.2, 0) is 4.74 Å². The molecule has 0 amide bonds. The number of ether oxygens (including phenoxy) is 1. The summed E-state index contributed by atoms with van der Waals surface area (Å²) in [6.07, 6.45) is 10.8. The van der Waals surface area contributed by atoms with E-state index in [1.165, 1.54) is 12.0 Å². The Balaban J connectivity index is 1.78. The molecule has 0 radical (unpaired) electrons. The first-order chi connectivity index (χ1) is 8.86. The highest BCUT2D eigenvalue weighted by Gasteiger charge is 2.06. The van der Waals surface area contributed by atoms with Gasteiger partial charge in [0.1, 0.15) is 0 Å². The molecule has 2 heteroatoms. The number of rotatable bonds is 4.